The molecule has 0 heterocycles. The number of thioether (sulfide) groups is 1. The number of aryl methyl sites for hydroxylation is 4. The van der Waals surface area contributed by atoms with Crippen LogP contribution in [0.3, 0.4) is 0 Å². The molecule has 0 saturated carbocycles. The minimum Gasteiger partial charge on any atom is -0.323 e. The van der Waals surface area contributed by atoms with E-state index in [1.807, 2.05) is 11.8 Å². The molecule has 1 nitrogen and oxygen atoms in total. The van der Waals surface area contributed by atoms with Gasteiger partial charge in [0, 0.05) is 16.7 Å². The van der Waals surface area contributed by atoms with Crippen LogP contribution >= 0.6 is 11.8 Å². The van der Waals surface area contributed by atoms with Crippen molar-refractivity contribution in [1.82, 2.24) is 0 Å². The van der Waals surface area contributed by atoms with E-state index >= 15 is 0 Å². The molecule has 106 valence electrons. The van der Waals surface area contributed by atoms with E-state index in [1.54, 1.807) is 0 Å². The zero-order valence-electron chi connectivity index (χ0n) is 12.7. The summed E-state index contributed by atoms with van der Waals surface area (Å²) in [7, 11) is 0. The van der Waals surface area contributed by atoms with E-state index in [-0.39, 0.29) is 6.04 Å². The van der Waals surface area contributed by atoms with Crippen LogP contribution in [0, 0.1) is 27.7 Å². The summed E-state index contributed by atoms with van der Waals surface area (Å²) in [6, 6.07) is 13.2. The second-order valence-corrected chi connectivity index (χ2v) is 6.59. The van der Waals surface area contributed by atoms with Crippen molar-refractivity contribution >= 4 is 11.8 Å². The molecule has 0 spiro atoms. The summed E-state index contributed by atoms with van der Waals surface area (Å²) in [5.74, 6) is 0.910. The molecule has 0 saturated heterocycles. The van der Waals surface area contributed by atoms with E-state index in [9.17, 15) is 0 Å². The van der Waals surface area contributed by atoms with Gasteiger partial charge in [-0.05, 0) is 56.0 Å². The highest BCUT2D eigenvalue weighted by Crippen LogP contribution is 2.27. The summed E-state index contributed by atoms with van der Waals surface area (Å²) in [5, 5.41) is 0. The first-order valence-electron chi connectivity index (χ1n) is 7.00. The molecule has 0 aliphatic carbocycles. The Labute approximate surface area is 126 Å². The smallest absolute Gasteiger partial charge is 0.0390 e. The molecule has 1 atom stereocenters. The summed E-state index contributed by atoms with van der Waals surface area (Å²) in [6.07, 6.45) is 0. The van der Waals surface area contributed by atoms with Crippen molar-refractivity contribution in [3.8, 4) is 0 Å². The first-order valence-corrected chi connectivity index (χ1v) is 7.98. The summed E-state index contributed by atoms with van der Waals surface area (Å²) < 4.78 is 0. The molecular weight excluding hydrogens is 262 g/mol. The van der Waals surface area contributed by atoms with Gasteiger partial charge < -0.3 is 5.73 Å². The Morgan fingerprint density at radius 2 is 1.60 bits per heavy atom. The predicted octanol–water partition coefficient (Wildman–Crippen LogP) is 4.71. The number of nitrogens with two attached hydrogens (primary N) is 1. The quantitative estimate of drug-likeness (QED) is 0.823. The Morgan fingerprint density at radius 3 is 2.30 bits per heavy atom. The molecule has 0 aliphatic heterocycles. The molecule has 0 amide bonds. The SMILES string of the molecule is Cc1ccc(C)c(SCC(N)c2ccc(C)c(C)c2)c1. The van der Waals surface area contributed by atoms with Crippen LogP contribution in [-0.4, -0.2) is 5.75 Å². The maximum Gasteiger partial charge on any atom is 0.0390 e. The lowest BCUT2D eigenvalue weighted by Crippen LogP contribution is -2.13. The third-order valence-corrected chi connectivity index (χ3v) is 5.00. The molecule has 20 heavy (non-hydrogen) atoms. The van der Waals surface area contributed by atoms with Crippen molar-refractivity contribution in [3.05, 3.63) is 64.2 Å². The fraction of sp³-hybridized carbons (Fsp3) is 0.333. The zero-order valence-corrected chi connectivity index (χ0v) is 13.6. The van der Waals surface area contributed by atoms with Gasteiger partial charge in [0.15, 0.2) is 0 Å². The topological polar surface area (TPSA) is 26.0 Å². The molecule has 0 aliphatic rings. The Hall–Kier alpha value is -1.25. The summed E-state index contributed by atoms with van der Waals surface area (Å²) in [6.45, 7) is 8.56. The Balaban J connectivity index is 2.06. The monoisotopic (exact) mass is 285 g/mol. The van der Waals surface area contributed by atoms with E-state index < -0.39 is 0 Å². The first kappa shape index (κ1) is 15.1. The second-order valence-electron chi connectivity index (χ2n) is 5.53. The van der Waals surface area contributed by atoms with Crippen LogP contribution in [-0.2, 0) is 0 Å². The van der Waals surface area contributed by atoms with Gasteiger partial charge in [-0.25, -0.2) is 0 Å². The highest BCUT2D eigenvalue weighted by atomic mass is 32.2. The largest absolute Gasteiger partial charge is 0.323 e. The molecule has 0 bridgehead atoms. The average Bonchev–Trinajstić information content (AvgIpc) is 2.42. The normalized spacial score (nSPS) is 12.4. The fourth-order valence-electron chi connectivity index (χ4n) is 2.13. The van der Waals surface area contributed by atoms with Crippen LogP contribution in [0.15, 0.2) is 41.3 Å². The van der Waals surface area contributed by atoms with Crippen molar-refractivity contribution in [2.75, 3.05) is 5.75 Å². The van der Waals surface area contributed by atoms with Gasteiger partial charge in [0.2, 0.25) is 0 Å². The van der Waals surface area contributed by atoms with Crippen LogP contribution in [0.4, 0.5) is 0 Å². The van der Waals surface area contributed by atoms with Crippen LogP contribution < -0.4 is 5.73 Å². The fourth-order valence-corrected chi connectivity index (χ4v) is 3.25. The van der Waals surface area contributed by atoms with Gasteiger partial charge in [-0.3, -0.25) is 0 Å². The lowest BCUT2D eigenvalue weighted by molar-refractivity contribution is 0.829. The molecule has 0 fully saturated rings. The van der Waals surface area contributed by atoms with Crippen molar-refractivity contribution in [2.24, 2.45) is 5.73 Å². The molecular formula is C18H23NS. The van der Waals surface area contributed by atoms with Crippen LogP contribution in [0.2, 0.25) is 0 Å². The highest BCUT2D eigenvalue weighted by Gasteiger charge is 2.09. The van der Waals surface area contributed by atoms with E-state index in [1.165, 1.54) is 32.7 Å². The van der Waals surface area contributed by atoms with Gasteiger partial charge in [-0.15, -0.1) is 11.8 Å². The van der Waals surface area contributed by atoms with Crippen LogP contribution in [0.1, 0.15) is 33.9 Å². The van der Waals surface area contributed by atoms with E-state index in [0.29, 0.717) is 0 Å². The van der Waals surface area contributed by atoms with Crippen molar-refractivity contribution in [3.63, 3.8) is 0 Å². The molecule has 0 radical (unpaired) electrons. The lowest BCUT2D eigenvalue weighted by Gasteiger charge is -2.14. The Bertz CT molecular complexity index is 604. The molecule has 0 aromatic heterocycles. The lowest BCUT2D eigenvalue weighted by atomic mass is 10.0. The summed E-state index contributed by atoms with van der Waals surface area (Å²) in [5.41, 5.74) is 12.8. The van der Waals surface area contributed by atoms with Crippen molar-refractivity contribution in [1.29, 1.82) is 0 Å². The van der Waals surface area contributed by atoms with Crippen LogP contribution in [0.5, 0.6) is 0 Å². The molecule has 2 aromatic carbocycles. The number of hydrogen-bond donors (Lipinski definition) is 1. The third kappa shape index (κ3) is 3.65. The second kappa shape index (κ2) is 6.47. The maximum atomic E-state index is 6.33. The third-order valence-electron chi connectivity index (χ3n) is 3.72. The van der Waals surface area contributed by atoms with Gasteiger partial charge in [0.1, 0.15) is 0 Å². The minimum absolute atomic E-state index is 0.0826. The van der Waals surface area contributed by atoms with Gasteiger partial charge in [-0.1, -0.05) is 35.9 Å². The number of rotatable bonds is 4. The molecule has 2 rings (SSSR count). The van der Waals surface area contributed by atoms with Crippen molar-refractivity contribution < 1.29 is 0 Å². The highest BCUT2D eigenvalue weighted by molar-refractivity contribution is 7.99. The Morgan fingerprint density at radius 1 is 0.900 bits per heavy atom. The zero-order chi connectivity index (χ0) is 14.7. The number of hydrogen-bond acceptors (Lipinski definition) is 2. The molecule has 1 unspecified atom stereocenters. The summed E-state index contributed by atoms with van der Waals surface area (Å²) >= 11 is 1.85. The molecule has 2 N–H and O–H groups in total. The predicted molar refractivity (Wildman–Crippen MR) is 89.5 cm³/mol. The van der Waals surface area contributed by atoms with E-state index in [2.05, 4.69) is 64.1 Å². The molecule has 2 heteroatoms. The average molecular weight is 285 g/mol. The van der Waals surface area contributed by atoms with Gasteiger partial charge >= 0.3 is 0 Å². The minimum atomic E-state index is 0.0826. The van der Waals surface area contributed by atoms with Gasteiger partial charge in [0.05, 0.1) is 0 Å². The molecule has 2 aromatic rings. The van der Waals surface area contributed by atoms with E-state index in [4.69, 9.17) is 5.73 Å². The summed E-state index contributed by atoms with van der Waals surface area (Å²) in [4.78, 5) is 1.34. The van der Waals surface area contributed by atoms with Crippen molar-refractivity contribution in [2.45, 2.75) is 38.6 Å². The first-order chi connectivity index (χ1) is 9.47. The van der Waals surface area contributed by atoms with E-state index in [0.717, 1.165) is 5.75 Å². The van der Waals surface area contributed by atoms with Crippen LogP contribution in [0.25, 0.3) is 0 Å². The standard InChI is InChI=1S/C18H23NS/c1-12-5-6-14(3)18(9-12)20-11-17(19)16-8-7-13(2)15(4)10-16/h5-10,17H,11,19H2,1-4H3. The van der Waals surface area contributed by atoms with Gasteiger partial charge in [-0.2, -0.15) is 0 Å². The number of benzene rings is 2. The Kier molecular flexibility index (Phi) is 4.90. The van der Waals surface area contributed by atoms with Gasteiger partial charge in [0.25, 0.3) is 0 Å². The maximum absolute atomic E-state index is 6.33.